The molecule has 0 radical (unpaired) electrons. The Labute approximate surface area is 157 Å². The van der Waals surface area contributed by atoms with Crippen LogP contribution in [0.3, 0.4) is 0 Å². The van der Waals surface area contributed by atoms with E-state index in [-0.39, 0.29) is 5.60 Å². The van der Waals surface area contributed by atoms with Gasteiger partial charge in [0.2, 0.25) is 5.95 Å². The number of hydrogen-bond donors (Lipinski definition) is 2. The van der Waals surface area contributed by atoms with Gasteiger partial charge in [-0.3, -0.25) is 0 Å². The van der Waals surface area contributed by atoms with E-state index in [0.717, 1.165) is 54.4 Å². The predicted octanol–water partition coefficient (Wildman–Crippen LogP) is 1.53. The van der Waals surface area contributed by atoms with Gasteiger partial charge in [0.15, 0.2) is 5.65 Å². The molecule has 8 heteroatoms. The second-order valence-corrected chi connectivity index (χ2v) is 8.56. The highest BCUT2D eigenvalue weighted by molar-refractivity contribution is 7.19. The van der Waals surface area contributed by atoms with Gasteiger partial charge in [0.1, 0.15) is 11.2 Å². The molecule has 1 aliphatic heterocycles. The molecule has 4 heterocycles. The van der Waals surface area contributed by atoms with Crippen LogP contribution in [0.5, 0.6) is 0 Å². The fourth-order valence-corrected chi connectivity index (χ4v) is 4.73. The van der Waals surface area contributed by atoms with E-state index in [9.17, 15) is 0 Å². The molecule has 140 valence electrons. The van der Waals surface area contributed by atoms with Crippen LogP contribution >= 0.6 is 11.3 Å². The van der Waals surface area contributed by atoms with E-state index in [2.05, 4.69) is 43.1 Å². The van der Waals surface area contributed by atoms with E-state index < -0.39 is 0 Å². The van der Waals surface area contributed by atoms with Crippen molar-refractivity contribution in [1.29, 1.82) is 0 Å². The molecule has 0 unspecified atom stereocenters. The molecule has 0 saturated carbocycles. The van der Waals surface area contributed by atoms with Crippen molar-refractivity contribution < 1.29 is 9.64 Å². The first-order chi connectivity index (χ1) is 12.5. The van der Waals surface area contributed by atoms with Crippen molar-refractivity contribution >= 4 is 33.1 Å². The Morgan fingerprint density at radius 1 is 1.35 bits per heavy atom. The number of aromatic nitrogens is 4. The van der Waals surface area contributed by atoms with Crippen LogP contribution in [-0.2, 0) is 17.8 Å². The van der Waals surface area contributed by atoms with Gasteiger partial charge in [-0.1, -0.05) is 0 Å². The third kappa shape index (κ3) is 3.06. The SMILES string of the molecule is CC[NH+](CC)CCNc1nc2sc3c(c2c2ncnn12)CC(C)(C)OC3. The molecule has 0 aliphatic carbocycles. The monoisotopic (exact) mass is 375 g/mol. The Morgan fingerprint density at radius 3 is 2.92 bits per heavy atom. The quantitative estimate of drug-likeness (QED) is 0.684. The molecule has 3 aromatic rings. The molecule has 0 aromatic carbocycles. The maximum atomic E-state index is 5.98. The number of quaternary nitrogens is 1. The summed E-state index contributed by atoms with van der Waals surface area (Å²) in [5.41, 5.74) is 2.07. The lowest BCUT2D eigenvalue weighted by Crippen LogP contribution is -3.12. The molecule has 1 aliphatic rings. The van der Waals surface area contributed by atoms with Crippen molar-refractivity contribution in [1.82, 2.24) is 19.6 Å². The van der Waals surface area contributed by atoms with Gasteiger partial charge in [-0.25, -0.2) is 9.97 Å². The molecule has 7 nitrogen and oxygen atoms in total. The zero-order valence-corrected chi connectivity index (χ0v) is 16.7. The van der Waals surface area contributed by atoms with Crippen molar-refractivity contribution in [3.63, 3.8) is 0 Å². The Balaban J connectivity index is 1.71. The molecular weight excluding hydrogens is 348 g/mol. The Bertz CT molecular complexity index is 927. The second kappa shape index (κ2) is 6.75. The average Bonchev–Trinajstić information content (AvgIpc) is 3.21. The van der Waals surface area contributed by atoms with Gasteiger partial charge < -0.3 is 15.0 Å². The van der Waals surface area contributed by atoms with Gasteiger partial charge in [0.25, 0.3) is 0 Å². The number of rotatable bonds is 6. The van der Waals surface area contributed by atoms with Crippen molar-refractivity contribution in [3.8, 4) is 0 Å². The molecular formula is C18H27N6OS+. The summed E-state index contributed by atoms with van der Waals surface area (Å²) >= 11 is 1.72. The van der Waals surface area contributed by atoms with Crippen LogP contribution in [0, 0.1) is 0 Å². The molecule has 3 aromatic heterocycles. The molecule has 0 saturated heterocycles. The molecule has 0 amide bonds. The molecule has 0 fully saturated rings. The highest BCUT2D eigenvalue weighted by Gasteiger charge is 2.31. The van der Waals surface area contributed by atoms with Crippen LogP contribution in [0.15, 0.2) is 6.33 Å². The zero-order chi connectivity index (χ0) is 18.3. The van der Waals surface area contributed by atoms with Crippen LogP contribution in [0.4, 0.5) is 5.95 Å². The first-order valence-corrected chi connectivity index (χ1v) is 10.2. The minimum atomic E-state index is -0.151. The van der Waals surface area contributed by atoms with E-state index in [4.69, 9.17) is 9.72 Å². The summed E-state index contributed by atoms with van der Waals surface area (Å²) < 4.78 is 7.83. The van der Waals surface area contributed by atoms with Gasteiger partial charge in [-0.05, 0) is 33.3 Å². The standard InChI is InChI=1S/C18H26N6OS/c1-5-23(6-2)8-7-19-17-22-16-14(15-20-11-21-24(15)17)12-9-18(3,4)25-10-13(12)26-16/h11H,5-10H2,1-4H3,(H,19,22)/p+1. The summed E-state index contributed by atoms with van der Waals surface area (Å²) in [6.45, 7) is 13.6. The number of fused-ring (bicyclic) bond motifs is 5. The van der Waals surface area contributed by atoms with E-state index in [1.807, 2.05) is 4.52 Å². The molecule has 0 spiro atoms. The first-order valence-electron chi connectivity index (χ1n) is 9.37. The highest BCUT2D eigenvalue weighted by Crippen LogP contribution is 2.40. The minimum absolute atomic E-state index is 0.151. The summed E-state index contributed by atoms with van der Waals surface area (Å²) in [5, 5.41) is 9.02. The van der Waals surface area contributed by atoms with E-state index in [1.165, 1.54) is 10.4 Å². The van der Waals surface area contributed by atoms with Crippen molar-refractivity contribution in [2.24, 2.45) is 0 Å². The fourth-order valence-electron chi connectivity index (χ4n) is 3.63. The Morgan fingerprint density at radius 2 is 2.15 bits per heavy atom. The van der Waals surface area contributed by atoms with Crippen molar-refractivity contribution in [3.05, 3.63) is 16.8 Å². The predicted molar refractivity (Wildman–Crippen MR) is 104 cm³/mol. The lowest BCUT2D eigenvalue weighted by atomic mass is 9.94. The lowest BCUT2D eigenvalue weighted by Gasteiger charge is -2.30. The van der Waals surface area contributed by atoms with Gasteiger partial charge in [0.05, 0.1) is 43.8 Å². The normalized spacial score (nSPS) is 16.5. The van der Waals surface area contributed by atoms with E-state index in [1.54, 1.807) is 22.6 Å². The Hall–Kier alpha value is -1.77. The minimum Gasteiger partial charge on any atom is -0.370 e. The van der Waals surface area contributed by atoms with Crippen molar-refractivity contribution in [2.75, 3.05) is 31.5 Å². The zero-order valence-electron chi connectivity index (χ0n) is 15.9. The van der Waals surface area contributed by atoms with E-state index in [0.29, 0.717) is 6.61 Å². The average molecular weight is 376 g/mol. The first kappa shape index (κ1) is 17.6. The third-order valence-electron chi connectivity index (χ3n) is 5.21. The third-order valence-corrected chi connectivity index (χ3v) is 6.31. The molecule has 2 N–H and O–H groups in total. The van der Waals surface area contributed by atoms with Gasteiger partial charge in [0, 0.05) is 11.3 Å². The van der Waals surface area contributed by atoms with Gasteiger partial charge in [-0.2, -0.15) is 9.61 Å². The molecule has 26 heavy (non-hydrogen) atoms. The maximum Gasteiger partial charge on any atom is 0.227 e. The number of likely N-dealkylation sites (N-methyl/N-ethyl adjacent to an activating group) is 1. The van der Waals surface area contributed by atoms with E-state index >= 15 is 0 Å². The number of nitrogens with one attached hydrogen (secondary N) is 2. The summed E-state index contributed by atoms with van der Waals surface area (Å²) in [6.07, 6.45) is 2.50. The highest BCUT2D eigenvalue weighted by atomic mass is 32.1. The summed E-state index contributed by atoms with van der Waals surface area (Å²) in [7, 11) is 0. The Kier molecular flexibility index (Phi) is 4.58. The van der Waals surface area contributed by atoms with Crippen LogP contribution in [0.25, 0.3) is 15.9 Å². The van der Waals surface area contributed by atoms with Crippen LogP contribution in [0.1, 0.15) is 38.1 Å². The molecule has 0 bridgehead atoms. The van der Waals surface area contributed by atoms with Gasteiger partial charge >= 0.3 is 0 Å². The number of hydrogen-bond acceptors (Lipinski definition) is 6. The van der Waals surface area contributed by atoms with Gasteiger partial charge in [-0.15, -0.1) is 11.3 Å². The summed E-state index contributed by atoms with van der Waals surface area (Å²) in [6, 6.07) is 0. The second-order valence-electron chi connectivity index (χ2n) is 7.47. The molecule has 0 atom stereocenters. The van der Waals surface area contributed by atoms with Crippen molar-refractivity contribution in [2.45, 2.75) is 46.3 Å². The number of nitrogens with zero attached hydrogens (tertiary/aromatic N) is 4. The largest absolute Gasteiger partial charge is 0.370 e. The summed E-state index contributed by atoms with van der Waals surface area (Å²) in [5.74, 6) is 0.773. The van der Waals surface area contributed by atoms with Crippen LogP contribution in [-0.4, -0.2) is 51.4 Å². The van der Waals surface area contributed by atoms with Crippen LogP contribution < -0.4 is 10.2 Å². The van der Waals surface area contributed by atoms with Crippen LogP contribution in [0.2, 0.25) is 0 Å². The fraction of sp³-hybridized carbons (Fsp3) is 0.611. The summed E-state index contributed by atoms with van der Waals surface area (Å²) in [4.78, 5) is 13.3. The number of ether oxygens (including phenoxy) is 1. The smallest absolute Gasteiger partial charge is 0.227 e. The topological polar surface area (TPSA) is 68.8 Å². The number of anilines is 1. The molecule has 4 rings (SSSR count). The lowest BCUT2D eigenvalue weighted by molar-refractivity contribution is -0.894. The number of thiophene rings is 1. The maximum absolute atomic E-state index is 5.98.